The van der Waals surface area contributed by atoms with Crippen LogP contribution in [-0.4, -0.2) is 29.0 Å². The number of rotatable bonds is 4. The summed E-state index contributed by atoms with van der Waals surface area (Å²) in [4.78, 5) is 0. The van der Waals surface area contributed by atoms with Crippen molar-refractivity contribution in [1.82, 2.24) is 0 Å². The number of hydrogen-bond acceptors (Lipinski definition) is 5. The van der Waals surface area contributed by atoms with E-state index in [-0.39, 0.29) is 18.8 Å². The molecule has 0 bridgehead atoms. The lowest BCUT2D eigenvalue weighted by atomic mass is 9.92. The summed E-state index contributed by atoms with van der Waals surface area (Å²) < 4.78 is 5.87. The van der Waals surface area contributed by atoms with Gasteiger partial charge in [-0.1, -0.05) is 38.1 Å². The van der Waals surface area contributed by atoms with Crippen LogP contribution in [-0.2, 0) is 11.2 Å². The average Bonchev–Trinajstić information content (AvgIpc) is 2.75. The first-order valence-corrected chi connectivity index (χ1v) is 9.59. The maximum atomic E-state index is 10.0. The van der Waals surface area contributed by atoms with Crippen LogP contribution in [0.2, 0.25) is 0 Å². The van der Waals surface area contributed by atoms with E-state index in [2.05, 4.69) is 12.1 Å². The molecule has 5 nitrogen and oxygen atoms in total. The zero-order valence-corrected chi connectivity index (χ0v) is 16.3. The Morgan fingerprint density at radius 1 is 1.04 bits per heavy atom. The summed E-state index contributed by atoms with van der Waals surface area (Å²) in [5.74, 6) is 0. The molecule has 3 rings (SSSR count). The standard InChI is InChI=1S/C21H20N2O3.C2H6/c22-11-15-3-1-14(2-4-15)7-18-8-16(5-6-17(18)12-23)21-10-19(25)9-20(13-24)26-21;1-2/h1-6,8,19-21,24-25H,7,9-10,13H2;1-2H3. The smallest absolute Gasteiger partial charge is 0.0994 e. The van der Waals surface area contributed by atoms with E-state index >= 15 is 0 Å². The quantitative estimate of drug-likeness (QED) is 0.847. The molecule has 3 atom stereocenters. The van der Waals surface area contributed by atoms with Crippen LogP contribution in [0.3, 0.4) is 0 Å². The highest BCUT2D eigenvalue weighted by molar-refractivity contribution is 5.44. The molecule has 1 heterocycles. The number of aliphatic hydroxyl groups is 2. The number of nitriles is 2. The third kappa shape index (κ3) is 5.41. The maximum absolute atomic E-state index is 10.0. The van der Waals surface area contributed by atoms with Crippen molar-refractivity contribution in [3.8, 4) is 12.1 Å². The molecule has 0 amide bonds. The molecule has 2 N–H and O–H groups in total. The third-order valence-corrected chi connectivity index (χ3v) is 4.68. The molecule has 3 unspecified atom stereocenters. The maximum Gasteiger partial charge on any atom is 0.0994 e. The van der Waals surface area contributed by atoms with E-state index in [1.807, 2.05) is 38.1 Å². The Balaban J connectivity index is 0.00000136. The predicted molar refractivity (Wildman–Crippen MR) is 106 cm³/mol. The topological polar surface area (TPSA) is 97.3 Å². The van der Waals surface area contributed by atoms with E-state index in [0.29, 0.717) is 30.4 Å². The SMILES string of the molecule is CC.N#Cc1ccc(Cc2cc(C3CC(O)CC(CO)O3)ccc2C#N)cc1. The fraction of sp³-hybridized carbons (Fsp3) is 0.391. The van der Waals surface area contributed by atoms with Gasteiger partial charge in [0.1, 0.15) is 0 Å². The van der Waals surface area contributed by atoms with Gasteiger partial charge in [0.25, 0.3) is 0 Å². The van der Waals surface area contributed by atoms with Gasteiger partial charge in [-0.3, -0.25) is 0 Å². The second-order valence-corrected chi connectivity index (χ2v) is 6.57. The van der Waals surface area contributed by atoms with Crippen LogP contribution in [0.25, 0.3) is 0 Å². The van der Waals surface area contributed by atoms with E-state index in [9.17, 15) is 15.5 Å². The van der Waals surface area contributed by atoms with E-state index < -0.39 is 6.10 Å². The summed E-state index contributed by atoms with van der Waals surface area (Å²) in [5, 5.41) is 37.7. The molecule has 0 aliphatic carbocycles. The number of ether oxygens (including phenoxy) is 1. The van der Waals surface area contributed by atoms with E-state index in [0.717, 1.165) is 16.7 Å². The van der Waals surface area contributed by atoms with Crippen molar-refractivity contribution in [3.05, 3.63) is 70.3 Å². The van der Waals surface area contributed by atoms with Crippen molar-refractivity contribution < 1.29 is 14.9 Å². The highest BCUT2D eigenvalue weighted by Crippen LogP contribution is 2.32. The van der Waals surface area contributed by atoms with Gasteiger partial charge >= 0.3 is 0 Å². The zero-order valence-electron chi connectivity index (χ0n) is 16.3. The van der Waals surface area contributed by atoms with Gasteiger partial charge in [0.15, 0.2) is 0 Å². The van der Waals surface area contributed by atoms with Gasteiger partial charge < -0.3 is 14.9 Å². The summed E-state index contributed by atoms with van der Waals surface area (Å²) in [7, 11) is 0. The monoisotopic (exact) mass is 378 g/mol. The molecule has 0 radical (unpaired) electrons. The minimum atomic E-state index is -0.511. The van der Waals surface area contributed by atoms with Crippen molar-refractivity contribution in [3.63, 3.8) is 0 Å². The van der Waals surface area contributed by atoms with Gasteiger partial charge in [-0.25, -0.2) is 0 Å². The Kier molecular flexibility index (Phi) is 8.17. The molecule has 0 aromatic heterocycles. The molecule has 0 saturated carbocycles. The van der Waals surface area contributed by atoms with Crippen LogP contribution in [0.4, 0.5) is 0 Å². The summed E-state index contributed by atoms with van der Waals surface area (Å²) in [6, 6.07) is 17.2. The first-order chi connectivity index (χ1) is 13.6. The number of hydrogen-bond donors (Lipinski definition) is 2. The fourth-order valence-electron chi connectivity index (χ4n) is 3.31. The lowest BCUT2D eigenvalue weighted by molar-refractivity contribution is -0.113. The van der Waals surface area contributed by atoms with Crippen molar-refractivity contribution in [2.24, 2.45) is 0 Å². The van der Waals surface area contributed by atoms with Crippen molar-refractivity contribution in [2.45, 2.75) is 51.4 Å². The van der Waals surface area contributed by atoms with Crippen molar-refractivity contribution in [2.75, 3.05) is 6.61 Å². The van der Waals surface area contributed by atoms with Gasteiger partial charge in [0, 0.05) is 12.8 Å². The molecule has 2 aromatic rings. The molecular formula is C23H26N2O3. The molecule has 28 heavy (non-hydrogen) atoms. The Morgan fingerprint density at radius 2 is 1.75 bits per heavy atom. The molecule has 1 aliphatic rings. The minimum Gasteiger partial charge on any atom is -0.394 e. The summed E-state index contributed by atoms with van der Waals surface area (Å²) in [6.07, 6.45) is 0.287. The molecular weight excluding hydrogens is 352 g/mol. The first kappa shape index (κ1) is 21.6. The van der Waals surface area contributed by atoms with Gasteiger partial charge in [-0.2, -0.15) is 10.5 Å². The lowest BCUT2D eigenvalue weighted by Crippen LogP contribution is -2.33. The van der Waals surface area contributed by atoms with Gasteiger partial charge in [0.2, 0.25) is 0 Å². The molecule has 2 aromatic carbocycles. The highest BCUT2D eigenvalue weighted by atomic mass is 16.5. The third-order valence-electron chi connectivity index (χ3n) is 4.68. The minimum absolute atomic E-state index is 0.123. The van der Waals surface area contributed by atoms with Crippen molar-refractivity contribution >= 4 is 0 Å². The van der Waals surface area contributed by atoms with E-state index in [4.69, 9.17) is 10.00 Å². The molecule has 5 heteroatoms. The highest BCUT2D eigenvalue weighted by Gasteiger charge is 2.29. The van der Waals surface area contributed by atoms with Crippen LogP contribution in [0.1, 0.15) is 60.6 Å². The Bertz CT molecular complexity index is 850. The van der Waals surface area contributed by atoms with Crippen LogP contribution in [0.15, 0.2) is 42.5 Å². The van der Waals surface area contributed by atoms with Gasteiger partial charge in [-0.15, -0.1) is 0 Å². The number of benzene rings is 2. The largest absolute Gasteiger partial charge is 0.394 e. The van der Waals surface area contributed by atoms with E-state index in [1.165, 1.54) is 0 Å². The van der Waals surface area contributed by atoms with E-state index in [1.54, 1.807) is 18.2 Å². The average molecular weight is 378 g/mol. The zero-order chi connectivity index (χ0) is 20.5. The van der Waals surface area contributed by atoms with Crippen LogP contribution in [0, 0.1) is 22.7 Å². The molecule has 1 fully saturated rings. The number of aliphatic hydroxyl groups excluding tert-OH is 2. The Morgan fingerprint density at radius 3 is 2.36 bits per heavy atom. The first-order valence-electron chi connectivity index (χ1n) is 9.59. The summed E-state index contributed by atoms with van der Waals surface area (Å²) in [5.41, 5.74) is 3.97. The molecule has 0 spiro atoms. The summed E-state index contributed by atoms with van der Waals surface area (Å²) in [6.45, 7) is 3.88. The molecule has 1 saturated heterocycles. The molecule has 146 valence electrons. The van der Waals surface area contributed by atoms with Gasteiger partial charge in [0.05, 0.1) is 48.2 Å². The number of nitrogens with zero attached hydrogens (tertiary/aromatic N) is 2. The Hall–Kier alpha value is -2.70. The lowest BCUT2D eigenvalue weighted by Gasteiger charge is -2.32. The Labute approximate surface area is 166 Å². The van der Waals surface area contributed by atoms with Crippen LogP contribution >= 0.6 is 0 Å². The fourth-order valence-corrected chi connectivity index (χ4v) is 3.31. The van der Waals surface area contributed by atoms with Crippen molar-refractivity contribution in [1.29, 1.82) is 10.5 Å². The van der Waals surface area contributed by atoms with Crippen LogP contribution in [0.5, 0.6) is 0 Å². The van der Waals surface area contributed by atoms with Gasteiger partial charge in [-0.05, 0) is 41.3 Å². The second-order valence-electron chi connectivity index (χ2n) is 6.57. The molecule has 1 aliphatic heterocycles. The van der Waals surface area contributed by atoms with Crippen LogP contribution < -0.4 is 0 Å². The summed E-state index contributed by atoms with van der Waals surface area (Å²) >= 11 is 0. The second kappa shape index (κ2) is 10.6. The predicted octanol–water partition coefficient (Wildman–Crippen LogP) is 3.62. The normalized spacial score (nSPS) is 21.0.